The minimum absolute atomic E-state index is 1.01. The largest absolute Gasteiger partial charge is 0.384 e. The van der Waals surface area contributed by atoms with E-state index in [1.165, 1.54) is 37.4 Å². The second kappa shape index (κ2) is 6.55. The Bertz CT molecular complexity index is 366. The number of halogens is 1. The van der Waals surface area contributed by atoms with Gasteiger partial charge in [0.15, 0.2) is 0 Å². The topological polar surface area (TPSA) is 18.5 Å². The maximum Gasteiger partial charge on any atom is 0.0354 e. The van der Waals surface area contributed by atoms with Crippen LogP contribution in [0.25, 0.3) is 0 Å². The monoisotopic (exact) mass is 311 g/mol. The molecule has 3 nitrogen and oxygen atoms in total. The first kappa shape index (κ1) is 13.8. The normalized spacial score (nSPS) is 17.9. The lowest BCUT2D eigenvalue weighted by Gasteiger charge is -2.32. The molecule has 0 radical (unpaired) electrons. The van der Waals surface area contributed by atoms with Crippen molar-refractivity contribution in [3.05, 3.63) is 28.2 Å². The van der Waals surface area contributed by atoms with Gasteiger partial charge in [-0.05, 0) is 37.7 Å². The first-order valence-corrected chi connectivity index (χ1v) is 7.35. The van der Waals surface area contributed by atoms with Gasteiger partial charge >= 0.3 is 0 Å². The Balaban J connectivity index is 1.74. The van der Waals surface area contributed by atoms with Gasteiger partial charge in [0.25, 0.3) is 0 Å². The number of rotatable bonds is 4. The number of hydrogen-bond acceptors (Lipinski definition) is 3. The Hall–Kier alpha value is -0.580. The SMILES string of the molecule is Cc1cc(Br)cc(NCCN2CCN(C)CC2)c1. The zero-order valence-corrected chi connectivity index (χ0v) is 12.8. The van der Waals surface area contributed by atoms with Crippen LogP contribution in [0.2, 0.25) is 0 Å². The average molecular weight is 312 g/mol. The van der Waals surface area contributed by atoms with Crippen molar-refractivity contribution in [1.82, 2.24) is 9.80 Å². The van der Waals surface area contributed by atoms with E-state index in [4.69, 9.17) is 0 Å². The first-order chi connectivity index (χ1) is 8.63. The Morgan fingerprint density at radius 3 is 2.56 bits per heavy atom. The van der Waals surface area contributed by atoms with Gasteiger partial charge < -0.3 is 10.2 Å². The second-order valence-electron chi connectivity index (χ2n) is 5.09. The fourth-order valence-electron chi connectivity index (χ4n) is 2.27. The molecular weight excluding hydrogens is 290 g/mol. The van der Waals surface area contributed by atoms with Crippen molar-refractivity contribution in [3.63, 3.8) is 0 Å². The molecule has 0 aliphatic carbocycles. The lowest BCUT2D eigenvalue weighted by atomic mass is 10.2. The van der Waals surface area contributed by atoms with Crippen molar-refractivity contribution in [3.8, 4) is 0 Å². The third-order valence-corrected chi connectivity index (χ3v) is 3.85. The summed E-state index contributed by atoms with van der Waals surface area (Å²) in [5.74, 6) is 0. The first-order valence-electron chi connectivity index (χ1n) is 6.55. The molecule has 1 fully saturated rings. The van der Waals surface area contributed by atoms with Crippen LogP contribution in [0.15, 0.2) is 22.7 Å². The lowest BCUT2D eigenvalue weighted by Crippen LogP contribution is -2.45. The highest BCUT2D eigenvalue weighted by Gasteiger charge is 2.12. The lowest BCUT2D eigenvalue weighted by molar-refractivity contribution is 0.158. The summed E-state index contributed by atoms with van der Waals surface area (Å²) >= 11 is 3.53. The van der Waals surface area contributed by atoms with E-state index in [2.05, 4.69) is 63.2 Å². The summed E-state index contributed by atoms with van der Waals surface area (Å²) in [6.07, 6.45) is 0. The van der Waals surface area contributed by atoms with Crippen molar-refractivity contribution in [2.24, 2.45) is 0 Å². The van der Waals surface area contributed by atoms with Crippen LogP contribution in [-0.2, 0) is 0 Å². The summed E-state index contributed by atoms with van der Waals surface area (Å²) in [7, 11) is 2.19. The van der Waals surface area contributed by atoms with E-state index in [9.17, 15) is 0 Å². The Morgan fingerprint density at radius 2 is 1.89 bits per heavy atom. The summed E-state index contributed by atoms with van der Waals surface area (Å²) in [5, 5.41) is 3.50. The highest BCUT2D eigenvalue weighted by Crippen LogP contribution is 2.18. The molecular formula is C14H22BrN3. The smallest absolute Gasteiger partial charge is 0.0354 e. The number of aryl methyl sites for hydroxylation is 1. The number of nitrogens with one attached hydrogen (secondary N) is 1. The van der Waals surface area contributed by atoms with Crippen molar-refractivity contribution < 1.29 is 0 Å². The van der Waals surface area contributed by atoms with Crippen LogP contribution < -0.4 is 5.32 Å². The number of likely N-dealkylation sites (N-methyl/N-ethyl adjacent to an activating group) is 1. The minimum Gasteiger partial charge on any atom is -0.384 e. The Labute approximate surface area is 118 Å². The molecule has 0 spiro atoms. The molecule has 0 aromatic heterocycles. The van der Waals surface area contributed by atoms with Crippen LogP contribution in [0.5, 0.6) is 0 Å². The molecule has 1 aliphatic heterocycles. The fraction of sp³-hybridized carbons (Fsp3) is 0.571. The van der Waals surface area contributed by atoms with E-state index >= 15 is 0 Å². The number of anilines is 1. The molecule has 1 N–H and O–H groups in total. The summed E-state index contributed by atoms with van der Waals surface area (Å²) < 4.78 is 1.14. The number of benzene rings is 1. The van der Waals surface area contributed by atoms with Gasteiger partial charge in [0.1, 0.15) is 0 Å². The molecule has 1 aromatic rings. The van der Waals surface area contributed by atoms with Crippen LogP contribution >= 0.6 is 15.9 Å². The molecule has 1 heterocycles. The van der Waals surface area contributed by atoms with Gasteiger partial charge in [0, 0.05) is 49.4 Å². The highest BCUT2D eigenvalue weighted by atomic mass is 79.9. The summed E-state index contributed by atoms with van der Waals surface area (Å²) in [6.45, 7) is 9.02. The standard InChI is InChI=1S/C14H22BrN3/c1-12-9-13(15)11-14(10-12)16-3-4-18-7-5-17(2)6-8-18/h9-11,16H,3-8H2,1-2H3. The molecule has 1 aromatic carbocycles. The zero-order valence-electron chi connectivity index (χ0n) is 11.2. The zero-order chi connectivity index (χ0) is 13.0. The predicted octanol–water partition coefficient (Wildman–Crippen LogP) is 2.42. The highest BCUT2D eigenvalue weighted by molar-refractivity contribution is 9.10. The molecule has 1 aliphatic rings. The maximum atomic E-state index is 3.53. The van der Waals surface area contributed by atoms with Crippen LogP contribution in [0.3, 0.4) is 0 Å². The molecule has 18 heavy (non-hydrogen) atoms. The average Bonchev–Trinajstić information content (AvgIpc) is 2.30. The van der Waals surface area contributed by atoms with Gasteiger partial charge in [0.2, 0.25) is 0 Å². The number of hydrogen-bond donors (Lipinski definition) is 1. The van der Waals surface area contributed by atoms with E-state index in [0.29, 0.717) is 0 Å². The minimum atomic E-state index is 1.01. The van der Waals surface area contributed by atoms with Gasteiger partial charge in [-0.15, -0.1) is 0 Å². The van der Waals surface area contributed by atoms with Crippen LogP contribution in [0.1, 0.15) is 5.56 Å². The molecule has 2 rings (SSSR count). The molecule has 4 heteroatoms. The number of piperazine rings is 1. The molecule has 0 unspecified atom stereocenters. The Kier molecular flexibility index (Phi) is 5.03. The summed E-state index contributed by atoms with van der Waals surface area (Å²) in [4.78, 5) is 4.92. The quantitative estimate of drug-likeness (QED) is 0.921. The van der Waals surface area contributed by atoms with E-state index in [0.717, 1.165) is 17.6 Å². The maximum absolute atomic E-state index is 3.53. The fourth-order valence-corrected chi connectivity index (χ4v) is 2.88. The van der Waals surface area contributed by atoms with Gasteiger partial charge in [-0.25, -0.2) is 0 Å². The summed E-state index contributed by atoms with van der Waals surface area (Å²) in [6, 6.07) is 6.46. The molecule has 0 saturated carbocycles. The van der Waals surface area contributed by atoms with E-state index in [1.807, 2.05) is 0 Å². The van der Waals surface area contributed by atoms with Crippen molar-refractivity contribution in [2.75, 3.05) is 51.6 Å². The number of nitrogens with zero attached hydrogens (tertiary/aromatic N) is 2. The molecule has 1 saturated heterocycles. The summed E-state index contributed by atoms with van der Waals surface area (Å²) in [5.41, 5.74) is 2.49. The predicted molar refractivity (Wildman–Crippen MR) is 81.3 cm³/mol. The van der Waals surface area contributed by atoms with Gasteiger partial charge in [-0.2, -0.15) is 0 Å². The Morgan fingerprint density at radius 1 is 1.17 bits per heavy atom. The van der Waals surface area contributed by atoms with Gasteiger partial charge in [-0.3, -0.25) is 4.90 Å². The van der Waals surface area contributed by atoms with Gasteiger partial charge in [-0.1, -0.05) is 15.9 Å². The van der Waals surface area contributed by atoms with Crippen molar-refractivity contribution >= 4 is 21.6 Å². The molecule has 0 amide bonds. The van der Waals surface area contributed by atoms with Crippen LogP contribution in [0, 0.1) is 6.92 Å². The molecule has 100 valence electrons. The van der Waals surface area contributed by atoms with E-state index in [-0.39, 0.29) is 0 Å². The van der Waals surface area contributed by atoms with Crippen LogP contribution in [-0.4, -0.2) is 56.1 Å². The van der Waals surface area contributed by atoms with Gasteiger partial charge in [0.05, 0.1) is 0 Å². The van der Waals surface area contributed by atoms with Crippen LogP contribution in [0.4, 0.5) is 5.69 Å². The second-order valence-corrected chi connectivity index (χ2v) is 6.00. The van der Waals surface area contributed by atoms with E-state index < -0.39 is 0 Å². The molecule has 0 bridgehead atoms. The molecule has 0 atom stereocenters. The van der Waals surface area contributed by atoms with Crippen molar-refractivity contribution in [2.45, 2.75) is 6.92 Å². The van der Waals surface area contributed by atoms with Crippen molar-refractivity contribution in [1.29, 1.82) is 0 Å². The third kappa shape index (κ3) is 4.26. The third-order valence-electron chi connectivity index (χ3n) is 3.40. The van der Waals surface area contributed by atoms with E-state index in [1.54, 1.807) is 0 Å².